The van der Waals surface area contributed by atoms with E-state index in [0.29, 0.717) is 28.1 Å². The van der Waals surface area contributed by atoms with Gasteiger partial charge in [-0.25, -0.2) is 0 Å². The highest BCUT2D eigenvalue weighted by Crippen LogP contribution is 2.36. The van der Waals surface area contributed by atoms with E-state index in [1.54, 1.807) is 19.2 Å². The minimum absolute atomic E-state index is 0.210. The number of rotatable bonds is 7. The Labute approximate surface area is 157 Å². The number of methoxy groups -OCH3 is 1. The number of hydrogen-bond acceptors (Lipinski definition) is 4. The first-order valence-corrected chi connectivity index (χ1v) is 8.92. The van der Waals surface area contributed by atoms with Gasteiger partial charge in [-0.15, -0.1) is 0 Å². The van der Waals surface area contributed by atoms with Crippen molar-refractivity contribution in [3.05, 3.63) is 46.4 Å². The topological polar surface area (TPSA) is 50.8 Å². The fraction of sp³-hybridized carbons (Fsp3) is 0.316. The summed E-state index contributed by atoms with van der Waals surface area (Å²) in [6, 6.07) is 11.1. The van der Waals surface area contributed by atoms with Crippen molar-refractivity contribution in [2.75, 3.05) is 37.5 Å². The first-order chi connectivity index (χ1) is 12.0. The smallest absolute Gasteiger partial charge is 0.255 e. The number of nitrogens with zero attached hydrogens (tertiary/aromatic N) is 1. The fourth-order valence-electron chi connectivity index (χ4n) is 2.34. The summed E-state index contributed by atoms with van der Waals surface area (Å²) < 4.78 is 11.6. The third-order valence-electron chi connectivity index (χ3n) is 3.80. The van der Waals surface area contributed by atoms with Gasteiger partial charge in [-0.1, -0.05) is 6.07 Å². The predicted octanol–water partition coefficient (Wildman–Crippen LogP) is 4.56. The van der Waals surface area contributed by atoms with E-state index in [4.69, 9.17) is 9.47 Å². The fourth-order valence-corrected chi connectivity index (χ4v) is 2.90. The molecule has 2 aromatic rings. The lowest BCUT2D eigenvalue weighted by Gasteiger charge is -2.18. The summed E-state index contributed by atoms with van der Waals surface area (Å²) in [5.41, 5.74) is 2.28. The van der Waals surface area contributed by atoms with Crippen molar-refractivity contribution < 1.29 is 14.3 Å². The second kappa shape index (κ2) is 8.76. The van der Waals surface area contributed by atoms with E-state index in [0.717, 1.165) is 17.9 Å². The Morgan fingerprint density at radius 3 is 2.64 bits per heavy atom. The molecule has 0 saturated carbocycles. The molecule has 0 unspecified atom stereocenters. The van der Waals surface area contributed by atoms with E-state index < -0.39 is 0 Å². The van der Waals surface area contributed by atoms with Crippen LogP contribution in [0.25, 0.3) is 0 Å². The number of halogens is 1. The van der Waals surface area contributed by atoms with Crippen LogP contribution >= 0.6 is 15.9 Å². The Morgan fingerprint density at radius 1 is 1.24 bits per heavy atom. The molecule has 0 atom stereocenters. The largest absolute Gasteiger partial charge is 0.493 e. The number of ether oxygens (including phenoxy) is 2. The van der Waals surface area contributed by atoms with Crippen LogP contribution in [0, 0.1) is 0 Å². The van der Waals surface area contributed by atoms with Crippen LogP contribution in [0.3, 0.4) is 0 Å². The summed E-state index contributed by atoms with van der Waals surface area (Å²) in [6.07, 6.45) is 0. The van der Waals surface area contributed by atoms with Crippen molar-refractivity contribution in [1.29, 1.82) is 0 Å². The number of amides is 1. The molecule has 0 aliphatic heterocycles. The second-order valence-electron chi connectivity index (χ2n) is 5.44. The van der Waals surface area contributed by atoms with Gasteiger partial charge in [0.25, 0.3) is 5.91 Å². The minimum Gasteiger partial charge on any atom is -0.493 e. The Hall–Kier alpha value is -2.21. The average Bonchev–Trinajstić information content (AvgIpc) is 2.62. The molecule has 0 heterocycles. The molecule has 1 amide bonds. The standard InChI is InChI=1S/C19H23BrN2O3/c1-5-22(3)15-9-7-8-14(12-15)21-19(23)13-10-16(20)18(25-6-2)17(11-13)24-4/h7-12H,5-6H2,1-4H3,(H,21,23). The molecule has 0 aromatic heterocycles. The normalized spacial score (nSPS) is 10.3. The molecule has 134 valence electrons. The molecular weight excluding hydrogens is 384 g/mol. The molecule has 0 saturated heterocycles. The highest BCUT2D eigenvalue weighted by molar-refractivity contribution is 9.10. The lowest BCUT2D eigenvalue weighted by atomic mass is 10.1. The van der Waals surface area contributed by atoms with Crippen LogP contribution in [0.1, 0.15) is 24.2 Å². The quantitative estimate of drug-likeness (QED) is 0.731. The summed E-state index contributed by atoms with van der Waals surface area (Å²) in [5.74, 6) is 0.896. The Morgan fingerprint density at radius 2 is 2.00 bits per heavy atom. The number of carbonyl (C=O) groups is 1. The van der Waals surface area contributed by atoms with E-state index in [1.165, 1.54) is 0 Å². The van der Waals surface area contributed by atoms with Crippen LogP contribution in [0.5, 0.6) is 11.5 Å². The van der Waals surface area contributed by atoms with E-state index in [-0.39, 0.29) is 5.91 Å². The molecule has 5 nitrogen and oxygen atoms in total. The van der Waals surface area contributed by atoms with Crippen LogP contribution < -0.4 is 19.7 Å². The Balaban J connectivity index is 2.25. The molecule has 2 rings (SSSR count). The van der Waals surface area contributed by atoms with Gasteiger partial charge in [0.15, 0.2) is 11.5 Å². The third kappa shape index (κ3) is 4.66. The summed E-state index contributed by atoms with van der Waals surface area (Å²) in [5, 5.41) is 2.92. The molecule has 0 bridgehead atoms. The van der Waals surface area contributed by atoms with Crippen molar-refractivity contribution in [3.8, 4) is 11.5 Å². The molecule has 0 fully saturated rings. The van der Waals surface area contributed by atoms with Gasteiger partial charge >= 0.3 is 0 Å². The van der Waals surface area contributed by atoms with Gasteiger partial charge in [-0.3, -0.25) is 4.79 Å². The third-order valence-corrected chi connectivity index (χ3v) is 4.39. The van der Waals surface area contributed by atoms with Crippen LogP contribution in [-0.2, 0) is 0 Å². The summed E-state index contributed by atoms with van der Waals surface area (Å²) in [6.45, 7) is 5.38. The van der Waals surface area contributed by atoms with E-state index in [1.807, 2.05) is 38.2 Å². The maximum Gasteiger partial charge on any atom is 0.255 e. The van der Waals surface area contributed by atoms with Gasteiger partial charge in [0.05, 0.1) is 18.2 Å². The second-order valence-corrected chi connectivity index (χ2v) is 6.30. The molecule has 2 aromatic carbocycles. The van der Waals surface area contributed by atoms with Gasteiger partial charge in [0.2, 0.25) is 0 Å². The van der Waals surface area contributed by atoms with Crippen LogP contribution in [0.2, 0.25) is 0 Å². The number of carbonyl (C=O) groups excluding carboxylic acids is 1. The Bertz CT molecular complexity index is 749. The molecule has 0 aliphatic carbocycles. The molecular formula is C19H23BrN2O3. The van der Waals surface area contributed by atoms with Crippen LogP contribution in [0.4, 0.5) is 11.4 Å². The average molecular weight is 407 g/mol. The van der Waals surface area contributed by atoms with Crippen molar-refractivity contribution in [1.82, 2.24) is 0 Å². The zero-order valence-corrected chi connectivity index (χ0v) is 16.5. The highest BCUT2D eigenvalue weighted by Gasteiger charge is 2.15. The van der Waals surface area contributed by atoms with E-state index >= 15 is 0 Å². The molecule has 25 heavy (non-hydrogen) atoms. The number of benzene rings is 2. The molecule has 0 spiro atoms. The molecule has 6 heteroatoms. The molecule has 0 aliphatic rings. The van der Waals surface area contributed by atoms with Gasteiger partial charge < -0.3 is 19.7 Å². The highest BCUT2D eigenvalue weighted by atomic mass is 79.9. The zero-order chi connectivity index (χ0) is 18.4. The number of hydrogen-bond donors (Lipinski definition) is 1. The van der Waals surface area contributed by atoms with Crippen LogP contribution in [0.15, 0.2) is 40.9 Å². The summed E-state index contributed by atoms with van der Waals surface area (Å²) >= 11 is 3.44. The SMILES string of the molecule is CCOc1c(Br)cc(C(=O)Nc2cccc(N(C)CC)c2)cc1OC. The molecule has 1 N–H and O–H groups in total. The number of anilines is 2. The lowest BCUT2D eigenvalue weighted by molar-refractivity contribution is 0.102. The maximum absolute atomic E-state index is 12.6. The predicted molar refractivity (Wildman–Crippen MR) is 105 cm³/mol. The van der Waals surface area contributed by atoms with Crippen molar-refractivity contribution in [2.45, 2.75) is 13.8 Å². The van der Waals surface area contributed by atoms with Crippen molar-refractivity contribution >= 4 is 33.2 Å². The summed E-state index contributed by atoms with van der Waals surface area (Å²) in [7, 11) is 3.56. The minimum atomic E-state index is -0.210. The van der Waals surface area contributed by atoms with Gasteiger partial charge in [0.1, 0.15) is 0 Å². The molecule has 0 radical (unpaired) electrons. The van der Waals surface area contributed by atoms with E-state index in [2.05, 4.69) is 33.1 Å². The van der Waals surface area contributed by atoms with E-state index in [9.17, 15) is 4.79 Å². The summed E-state index contributed by atoms with van der Waals surface area (Å²) in [4.78, 5) is 14.7. The first kappa shape index (κ1) is 19.1. The number of nitrogens with one attached hydrogen (secondary N) is 1. The van der Waals surface area contributed by atoms with Gasteiger partial charge in [-0.05, 0) is 60.1 Å². The van der Waals surface area contributed by atoms with Gasteiger partial charge in [0, 0.05) is 30.5 Å². The first-order valence-electron chi connectivity index (χ1n) is 8.13. The van der Waals surface area contributed by atoms with Crippen molar-refractivity contribution in [3.63, 3.8) is 0 Å². The Kier molecular flexibility index (Phi) is 6.70. The van der Waals surface area contributed by atoms with Crippen LogP contribution in [-0.4, -0.2) is 33.2 Å². The van der Waals surface area contributed by atoms with Gasteiger partial charge in [-0.2, -0.15) is 0 Å². The lowest BCUT2D eigenvalue weighted by Crippen LogP contribution is -2.17. The van der Waals surface area contributed by atoms with Crippen molar-refractivity contribution in [2.24, 2.45) is 0 Å². The maximum atomic E-state index is 12.6. The monoisotopic (exact) mass is 406 g/mol. The zero-order valence-electron chi connectivity index (χ0n) is 14.9.